The summed E-state index contributed by atoms with van der Waals surface area (Å²) < 4.78 is 0. The summed E-state index contributed by atoms with van der Waals surface area (Å²) in [6.45, 7) is 3.72. The van der Waals surface area contributed by atoms with E-state index in [1.165, 1.54) is 11.1 Å². The maximum Gasteiger partial charge on any atom is 0.273 e. The molecule has 0 bridgehead atoms. The molecule has 0 spiro atoms. The molecule has 4 rings (SSSR count). The van der Waals surface area contributed by atoms with Gasteiger partial charge in [0.2, 0.25) is 0 Å². The molecule has 1 aromatic heterocycles. The van der Waals surface area contributed by atoms with Crippen LogP contribution in [0.3, 0.4) is 0 Å². The van der Waals surface area contributed by atoms with E-state index in [1.807, 2.05) is 47.0 Å². The summed E-state index contributed by atoms with van der Waals surface area (Å²) in [5, 5.41) is 2.45. The van der Waals surface area contributed by atoms with Crippen LogP contribution in [0.2, 0.25) is 0 Å². The number of rotatable bonds is 2. The van der Waals surface area contributed by atoms with Crippen molar-refractivity contribution in [1.29, 1.82) is 0 Å². The third-order valence-corrected chi connectivity index (χ3v) is 6.35. The molecule has 1 atom stereocenters. The summed E-state index contributed by atoms with van der Waals surface area (Å²) in [5.74, 6) is 1.00. The number of hydrogen-bond acceptors (Lipinski definition) is 3. The molecule has 0 aliphatic carbocycles. The fourth-order valence-electron chi connectivity index (χ4n) is 3.61. The molecule has 1 saturated heterocycles. The van der Waals surface area contributed by atoms with Gasteiger partial charge < -0.3 is 4.90 Å². The third kappa shape index (κ3) is 3.34. The number of fused-ring (bicyclic) bond motifs is 1. The predicted octanol–water partition coefficient (Wildman–Crippen LogP) is 4.86. The maximum absolute atomic E-state index is 13.1. The molecule has 1 amide bonds. The Kier molecular flexibility index (Phi) is 4.93. The molecule has 0 radical (unpaired) electrons. The Bertz CT molecular complexity index is 935. The Morgan fingerprint density at radius 2 is 1.88 bits per heavy atom. The first kappa shape index (κ1) is 17.1. The summed E-state index contributed by atoms with van der Waals surface area (Å²) in [6.07, 6.45) is 2.71. The molecule has 1 unspecified atom stereocenters. The largest absolute Gasteiger partial charge is 0.336 e. The molecule has 132 valence electrons. The topological polar surface area (TPSA) is 33.2 Å². The fourth-order valence-corrected chi connectivity index (χ4v) is 4.94. The highest BCUT2D eigenvalue weighted by atomic mass is 32.2. The van der Waals surface area contributed by atoms with Gasteiger partial charge in [-0.1, -0.05) is 48.5 Å². The van der Waals surface area contributed by atoms with E-state index in [0.717, 1.165) is 36.0 Å². The van der Waals surface area contributed by atoms with Crippen LogP contribution < -0.4 is 0 Å². The number of hydrogen-bond donors (Lipinski definition) is 0. The Morgan fingerprint density at radius 1 is 1.08 bits per heavy atom. The molecule has 2 heterocycles. The average Bonchev–Trinajstić information content (AvgIpc) is 2.93. The number of thioether (sulfide) groups is 1. The maximum atomic E-state index is 13.1. The number of benzene rings is 2. The number of pyridine rings is 1. The van der Waals surface area contributed by atoms with Crippen molar-refractivity contribution in [2.75, 3.05) is 18.8 Å². The fraction of sp³-hybridized carbons (Fsp3) is 0.273. The second kappa shape index (κ2) is 7.50. The van der Waals surface area contributed by atoms with Gasteiger partial charge in [-0.25, -0.2) is 0 Å². The van der Waals surface area contributed by atoms with Gasteiger partial charge in [-0.3, -0.25) is 9.78 Å². The van der Waals surface area contributed by atoms with Crippen LogP contribution >= 0.6 is 11.8 Å². The zero-order valence-corrected chi connectivity index (χ0v) is 15.7. The average molecular weight is 362 g/mol. The van der Waals surface area contributed by atoms with E-state index in [9.17, 15) is 4.79 Å². The van der Waals surface area contributed by atoms with Crippen LogP contribution in [0.25, 0.3) is 10.8 Å². The SMILES string of the molecule is Cc1ccccc1C1CCN(C(=O)c2nccc3ccccc23)CCS1. The molecule has 26 heavy (non-hydrogen) atoms. The molecule has 0 N–H and O–H groups in total. The molecular weight excluding hydrogens is 340 g/mol. The standard InChI is InChI=1S/C22H22N2OS/c1-16-6-2-4-8-18(16)20-11-13-24(14-15-26-20)22(25)21-19-9-5-3-7-17(19)10-12-23-21/h2-10,12,20H,11,13-15H2,1H3. The minimum atomic E-state index is 0.0489. The molecule has 3 nitrogen and oxygen atoms in total. The van der Waals surface area contributed by atoms with Crippen LogP contribution in [-0.4, -0.2) is 34.6 Å². The zero-order valence-electron chi connectivity index (χ0n) is 14.9. The van der Waals surface area contributed by atoms with Crippen LogP contribution in [0.4, 0.5) is 0 Å². The molecule has 1 aliphatic rings. The minimum absolute atomic E-state index is 0.0489. The first-order chi connectivity index (χ1) is 12.7. The summed E-state index contributed by atoms with van der Waals surface area (Å²) in [6, 6.07) is 18.5. The summed E-state index contributed by atoms with van der Waals surface area (Å²) in [5.41, 5.74) is 3.30. The summed E-state index contributed by atoms with van der Waals surface area (Å²) in [7, 11) is 0. The van der Waals surface area contributed by atoms with Crippen molar-refractivity contribution in [3.05, 3.63) is 77.6 Å². The number of aromatic nitrogens is 1. The Labute approximate surface area is 158 Å². The van der Waals surface area contributed by atoms with Crippen molar-refractivity contribution in [2.45, 2.75) is 18.6 Å². The van der Waals surface area contributed by atoms with Gasteiger partial charge in [0.15, 0.2) is 0 Å². The number of nitrogens with zero attached hydrogens (tertiary/aromatic N) is 2. The highest BCUT2D eigenvalue weighted by Crippen LogP contribution is 2.36. The van der Waals surface area contributed by atoms with Gasteiger partial charge >= 0.3 is 0 Å². The van der Waals surface area contributed by atoms with E-state index in [1.54, 1.807) is 6.20 Å². The zero-order chi connectivity index (χ0) is 17.9. The van der Waals surface area contributed by atoms with Gasteiger partial charge in [0, 0.05) is 35.7 Å². The van der Waals surface area contributed by atoms with Gasteiger partial charge in [-0.15, -0.1) is 0 Å². The van der Waals surface area contributed by atoms with Crippen LogP contribution in [0.15, 0.2) is 60.8 Å². The Morgan fingerprint density at radius 3 is 2.77 bits per heavy atom. The highest BCUT2D eigenvalue weighted by molar-refractivity contribution is 7.99. The monoisotopic (exact) mass is 362 g/mol. The van der Waals surface area contributed by atoms with E-state index < -0.39 is 0 Å². The molecule has 1 aliphatic heterocycles. The van der Waals surface area contributed by atoms with Crippen LogP contribution in [0, 0.1) is 6.92 Å². The number of amides is 1. The van der Waals surface area contributed by atoms with E-state index in [2.05, 4.69) is 36.2 Å². The van der Waals surface area contributed by atoms with Gasteiger partial charge in [-0.05, 0) is 35.9 Å². The van der Waals surface area contributed by atoms with Gasteiger partial charge in [0.25, 0.3) is 5.91 Å². The number of carbonyl (C=O) groups is 1. The summed E-state index contributed by atoms with van der Waals surface area (Å²) >= 11 is 1.96. The van der Waals surface area contributed by atoms with Crippen molar-refractivity contribution < 1.29 is 4.79 Å². The molecular formula is C22H22N2OS. The second-order valence-electron chi connectivity index (χ2n) is 6.68. The van der Waals surface area contributed by atoms with Crippen LogP contribution in [0.5, 0.6) is 0 Å². The molecule has 1 fully saturated rings. The van der Waals surface area contributed by atoms with Gasteiger partial charge in [-0.2, -0.15) is 11.8 Å². The lowest BCUT2D eigenvalue weighted by molar-refractivity contribution is 0.0763. The molecule has 2 aromatic carbocycles. The quantitative estimate of drug-likeness (QED) is 0.652. The first-order valence-electron chi connectivity index (χ1n) is 9.04. The summed E-state index contributed by atoms with van der Waals surface area (Å²) in [4.78, 5) is 19.5. The van der Waals surface area contributed by atoms with Crippen LogP contribution in [-0.2, 0) is 0 Å². The minimum Gasteiger partial charge on any atom is -0.336 e. The van der Waals surface area contributed by atoms with E-state index in [4.69, 9.17) is 0 Å². The molecule has 0 saturated carbocycles. The van der Waals surface area contributed by atoms with Crippen molar-refractivity contribution >= 4 is 28.4 Å². The van der Waals surface area contributed by atoms with Crippen molar-refractivity contribution in [3.63, 3.8) is 0 Å². The smallest absolute Gasteiger partial charge is 0.273 e. The van der Waals surface area contributed by atoms with Gasteiger partial charge in [0.1, 0.15) is 5.69 Å². The highest BCUT2D eigenvalue weighted by Gasteiger charge is 2.25. The molecule has 4 heteroatoms. The number of carbonyl (C=O) groups excluding carboxylic acids is 1. The van der Waals surface area contributed by atoms with E-state index in [0.29, 0.717) is 10.9 Å². The number of aryl methyl sites for hydroxylation is 1. The van der Waals surface area contributed by atoms with E-state index in [-0.39, 0.29) is 5.91 Å². The van der Waals surface area contributed by atoms with E-state index >= 15 is 0 Å². The van der Waals surface area contributed by atoms with Crippen molar-refractivity contribution in [3.8, 4) is 0 Å². The van der Waals surface area contributed by atoms with Gasteiger partial charge in [0.05, 0.1) is 0 Å². The lowest BCUT2D eigenvalue weighted by atomic mass is 10.0. The lowest BCUT2D eigenvalue weighted by Crippen LogP contribution is -2.33. The second-order valence-corrected chi connectivity index (χ2v) is 7.99. The van der Waals surface area contributed by atoms with Crippen molar-refractivity contribution in [2.24, 2.45) is 0 Å². The third-order valence-electron chi connectivity index (χ3n) is 5.04. The molecule has 3 aromatic rings. The van der Waals surface area contributed by atoms with Crippen molar-refractivity contribution in [1.82, 2.24) is 9.88 Å². The first-order valence-corrected chi connectivity index (χ1v) is 10.1. The predicted molar refractivity (Wildman–Crippen MR) is 109 cm³/mol. The Balaban J connectivity index is 1.55. The Hall–Kier alpha value is -2.33. The van der Waals surface area contributed by atoms with Crippen LogP contribution in [0.1, 0.15) is 33.3 Å². The lowest BCUT2D eigenvalue weighted by Gasteiger charge is -2.21. The normalized spacial score (nSPS) is 17.9.